The van der Waals surface area contributed by atoms with Gasteiger partial charge in [0.15, 0.2) is 0 Å². The lowest BCUT2D eigenvalue weighted by Crippen LogP contribution is -2.26. The van der Waals surface area contributed by atoms with Crippen molar-refractivity contribution in [1.82, 2.24) is 5.32 Å². The topological polar surface area (TPSA) is 67.1 Å². The molecule has 4 N–H and O–H groups in total. The molecule has 0 spiro atoms. The van der Waals surface area contributed by atoms with Crippen LogP contribution in [0.3, 0.4) is 0 Å². The molecular weight excluding hydrogens is 377 g/mol. The first-order chi connectivity index (χ1) is 10.1. The number of benzene rings is 2. The Kier molecular flexibility index (Phi) is 4.01. The standard InChI is InChI=1S/C16H16IN3O/c17-10-1-4-12(5-2-10)19-15-8-3-11(18)9-14(15)16(21)20-13-6-7-13/h1-5,8-9,13,19H,6-7,18H2,(H,20,21). The van der Waals surface area contributed by atoms with Crippen LogP contribution in [0.4, 0.5) is 17.1 Å². The molecule has 0 saturated heterocycles. The van der Waals surface area contributed by atoms with Crippen LogP contribution >= 0.6 is 22.6 Å². The SMILES string of the molecule is Nc1ccc(Nc2ccc(I)cc2)c(C(=O)NC2CC2)c1. The summed E-state index contributed by atoms with van der Waals surface area (Å²) in [7, 11) is 0. The molecule has 0 radical (unpaired) electrons. The van der Waals surface area contributed by atoms with E-state index >= 15 is 0 Å². The summed E-state index contributed by atoms with van der Waals surface area (Å²) in [4.78, 5) is 12.3. The summed E-state index contributed by atoms with van der Waals surface area (Å²) in [5.41, 5.74) is 8.70. The highest BCUT2D eigenvalue weighted by Gasteiger charge is 2.25. The fourth-order valence-corrected chi connectivity index (χ4v) is 2.40. The highest BCUT2D eigenvalue weighted by molar-refractivity contribution is 14.1. The largest absolute Gasteiger partial charge is 0.399 e. The number of nitrogens with two attached hydrogens (primary N) is 1. The van der Waals surface area contributed by atoms with E-state index in [-0.39, 0.29) is 5.91 Å². The molecule has 108 valence electrons. The second-order valence-corrected chi connectivity index (χ2v) is 6.43. The molecule has 3 rings (SSSR count). The maximum Gasteiger partial charge on any atom is 0.253 e. The molecular formula is C16H16IN3O. The van der Waals surface area contributed by atoms with Crippen molar-refractivity contribution in [3.05, 3.63) is 51.6 Å². The number of rotatable bonds is 4. The number of hydrogen-bond donors (Lipinski definition) is 3. The summed E-state index contributed by atoms with van der Waals surface area (Å²) in [5.74, 6) is -0.0715. The minimum Gasteiger partial charge on any atom is -0.399 e. The molecule has 21 heavy (non-hydrogen) atoms. The first kappa shape index (κ1) is 14.2. The van der Waals surface area contributed by atoms with E-state index in [1.165, 1.54) is 3.57 Å². The van der Waals surface area contributed by atoms with Crippen LogP contribution in [0.5, 0.6) is 0 Å². The Balaban J connectivity index is 1.86. The molecule has 1 saturated carbocycles. The van der Waals surface area contributed by atoms with Gasteiger partial charge in [-0.05, 0) is 77.9 Å². The van der Waals surface area contributed by atoms with Crippen LogP contribution in [-0.2, 0) is 0 Å². The molecule has 1 amide bonds. The number of carbonyl (C=O) groups is 1. The molecule has 0 heterocycles. The van der Waals surface area contributed by atoms with Crippen LogP contribution in [0.25, 0.3) is 0 Å². The van der Waals surface area contributed by atoms with Gasteiger partial charge < -0.3 is 16.4 Å². The van der Waals surface area contributed by atoms with E-state index < -0.39 is 0 Å². The second-order valence-electron chi connectivity index (χ2n) is 5.18. The molecule has 5 heteroatoms. The van der Waals surface area contributed by atoms with Crippen molar-refractivity contribution < 1.29 is 4.79 Å². The van der Waals surface area contributed by atoms with Gasteiger partial charge in [-0.1, -0.05) is 0 Å². The van der Waals surface area contributed by atoms with Gasteiger partial charge in [0.25, 0.3) is 5.91 Å². The van der Waals surface area contributed by atoms with Gasteiger partial charge in [0.2, 0.25) is 0 Å². The summed E-state index contributed by atoms with van der Waals surface area (Å²) in [6.45, 7) is 0. The van der Waals surface area contributed by atoms with Gasteiger partial charge in [-0.3, -0.25) is 4.79 Å². The average molecular weight is 393 g/mol. The van der Waals surface area contributed by atoms with Crippen molar-refractivity contribution >= 4 is 45.6 Å². The third-order valence-electron chi connectivity index (χ3n) is 3.32. The van der Waals surface area contributed by atoms with Crippen LogP contribution in [0.1, 0.15) is 23.2 Å². The summed E-state index contributed by atoms with van der Waals surface area (Å²) in [6.07, 6.45) is 2.13. The van der Waals surface area contributed by atoms with E-state index in [1.807, 2.05) is 30.3 Å². The predicted octanol–water partition coefficient (Wildman–Crippen LogP) is 3.51. The third kappa shape index (κ3) is 3.66. The van der Waals surface area contributed by atoms with E-state index in [4.69, 9.17) is 5.73 Å². The Morgan fingerprint density at radius 1 is 1.14 bits per heavy atom. The van der Waals surface area contributed by atoms with Crippen LogP contribution in [-0.4, -0.2) is 11.9 Å². The number of carbonyl (C=O) groups excluding carboxylic acids is 1. The predicted molar refractivity (Wildman–Crippen MR) is 93.8 cm³/mol. The van der Waals surface area contributed by atoms with E-state index in [1.54, 1.807) is 12.1 Å². The zero-order valence-corrected chi connectivity index (χ0v) is 13.6. The molecule has 2 aromatic rings. The summed E-state index contributed by atoms with van der Waals surface area (Å²) >= 11 is 2.26. The van der Waals surface area contributed by atoms with E-state index in [0.717, 1.165) is 24.2 Å². The molecule has 0 atom stereocenters. The fraction of sp³-hybridized carbons (Fsp3) is 0.188. The van der Waals surface area contributed by atoms with Gasteiger partial charge in [0.05, 0.1) is 11.3 Å². The lowest BCUT2D eigenvalue weighted by molar-refractivity contribution is 0.0952. The minimum atomic E-state index is -0.0715. The Morgan fingerprint density at radius 3 is 2.52 bits per heavy atom. The van der Waals surface area contributed by atoms with Gasteiger partial charge in [0, 0.05) is 21.0 Å². The van der Waals surface area contributed by atoms with Crippen LogP contribution < -0.4 is 16.4 Å². The van der Waals surface area contributed by atoms with Gasteiger partial charge in [0.1, 0.15) is 0 Å². The highest BCUT2D eigenvalue weighted by Crippen LogP contribution is 2.26. The van der Waals surface area contributed by atoms with Crippen molar-refractivity contribution in [3.63, 3.8) is 0 Å². The molecule has 1 fully saturated rings. The third-order valence-corrected chi connectivity index (χ3v) is 4.04. The molecule has 0 bridgehead atoms. The van der Waals surface area contributed by atoms with Crippen molar-refractivity contribution in [2.24, 2.45) is 0 Å². The lowest BCUT2D eigenvalue weighted by Gasteiger charge is -2.13. The number of amides is 1. The Hall–Kier alpha value is -1.76. The molecule has 1 aliphatic rings. The van der Waals surface area contributed by atoms with Crippen LogP contribution in [0.15, 0.2) is 42.5 Å². The molecule has 0 aliphatic heterocycles. The summed E-state index contributed by atoms with van der Waals surface area (Å²) < 4.78 is 1.17. The summed E-state index contributed by atoms with van der Waals surface area (Å²) in [5, 5.41) is 6.28. The molecule has 0 aromatic heterocycles. The monoisotopic (exact) mass is 393 g/mol. The van der Waals surface area contributed by atoms with E-state index in [9.17, 15) is 4.79 Å². The van der Waals surface area contributed by atoms with Crippen molar-refractivity contribution in [2.45, 2.75) is 18.9 Å². The van der Waals surface area contributed by atoms with Crippen molar-refractivity contribution in [3.8, 4) is 0 Å². The number of nitrogens with one attached hydrogen (secondary N) is 2. The van der Waals surface area contributed by atoms with Gasteiger partial charge in [-0.15, -0.1) is 0 Å². The number of nitrogen functional groups attached to an aromatic ring is 1. The van der Waals surface area contributed by atoms with Gasteiger partial charge in [-0.2, -0.15) is 0 Å². The first-order valence-electron chi connectivity index (χ1n) is 6.85. The molecule has 1 aliphatic carbocycles. The lowest BCUT2D eigenvalue weighted by atomic mass is 10.1. The normalized spacial score (nSPS) is 13.8. The Labute approximate surface area is 137 Å². The quantitative estimate of drug-likeness (QED) is 0.550. The van der Waals surface area contributed by atoms with Crippen molar-refractivity contribution in [1.29, 1.82) is 0 Å². The second kappa shape index (κ2) is 5.93. The molecule has 4 nitrogen and oxygen atoms in total. The molecule has 0 unspecified atom stereocenters. The fourth-order valence-electron chi connectivity index (χ4n) is 2.04. The summed E-state index contributed by atoms with van der Waals surface area (Å²) in [6, 6.07) is 13.7. The van der Waals surface area contributed by atoms with Gasteiger partial charge in [-0.25, -0.2) is 0 Å². The number of halogens is 1. The van der Waals surface area contributed by atoms with E-state index in [0.29, 0.717) is 17.3 Å². The Bertz CT molecular complexity index is 666. The zero-order valence-electron chi connectivity index (χ0n) is 11.4. The van der Waals surface area contributed by atoms with Crippen LogP contribution in [0, 0.1) is 3.57 Å². The smallest absolute Gasteiger partial charge is 0.253 e. The average Bonchev–Trinajstić information content (AvgIpc) is 3.27. The first-order valence-corrected chi connectivity index (χ1v) is 7.93. The molecule has 2 aromatic carbocycles. The number of anilines is 3. The number of hydrogen-bond acceptors (Lipinski definition) is 3. The highest BCUT2D eigenvalue weighted by atomic mass is 127. The van der Waals surface area contributed by atoms with E-state index in [2.05, 4.69) is 33.2 Å². The Morgan fingerprint density at radius 2 is 1.86 bits per heavy atom. The van der Waals surface area contributed by atoms with Crippen molar-refractivity contribution in [2.75, 3.05) is 11.1 Å². The van der Waals surface area contributed by atoms with Crippen LogP contribution in [0.2, 0.25) is 0 Å². The van der Waals surface area contributed by atoms with Gasteiger partial charge >= 0.3 is 0 Å². The maximum atomic E-state index is 12.3. The zero-order chi connectivity index (χ0) is 14.8. The maximum absolute atomic E-state index is 12.3. The minimum absolute atomic E-state index is 0.0715.